The van der Waals surface area contributed by atoms with Gasteiger partial charge in [-0.1, -0.05) is 6.08 Å². The number of aliphatic hydroxyl groups is 1. The maximum atomic E-state index is 11.9. The number of nitrogens with one attached hydrogen (secondary N) is 1. The van der Waals surface area contributed by atoms with Gasteiger partial charge in [0.15, 0.2) is 5.60 Å². The molecule has 0 heterocycles. The Kier molecular flexibility index (Phi) is 6.18. The zero-order valence-electron chi connectivity index (χ0n) is 14.2. The molecule has 6 heteroatoms. The van der Waals surface area contributed by atoms with E-state index in [2.05, 4.69) is 5.32 Å². The summed E-state index contributed by atoms with van der Waals surface area (Å²) in [7, 11) is 1.52. The highest BCUT2D eigenvalue weighted by Gasteiger charge is 2.27. The molecule has 0 aromatic heterocycles. The summed E-state index contributed by atoms with van der Waals surface area (Å²) in [6, 6.07) is 0. The molecule has 23 heavy (non-hydrogen) atoms. The van der Waals surface area contributed by atoms with Crippen LogP contribution in [-0.2, 0) is 9.53 Å². The number of carbonyl (C=O) groups is 1. The van der Waals surface area contributed by atoms with Crippen LogP contribution in [0.15, 0.2) is 6.08 Å². The zero-order valence-corrected chi connectivity index (χ0v) is 14.2. The van der Waals surface area contributed by atoms with E-state index in [1.54, 1.807) is 20.8 Å². The molecule has 0 aliphatic rings. The van der Waals surface area contributed by atoms with E-state index in [9.17, 15) is 20.1 Å². The van der Waals surface area contributed by atoms with Crippen LogP contribution in [-0.4, -0.2) is 47.1 Å². The van der Waals surface area contributed by atoms with E-state index in [-0.39, 0.29) is 18.0 Å². The second kappa shape index (κ2) is 7.48. The van der Waals surface area contributed by atoms with Gasteiger partial charge in [-0.05, 0) is 44.9 Å². The minimum Gasteiger partial charge on any atom is -0.507 e. The Morgan fingerprint density at radius 3 is 2.30 bits per heavy atom. The molecule has 0 spiro atoms. The molecule has 0 aliphatic heterocycles. The Morgan fingerprint density at radius 2 is 1.74 bits per heavy atom. The maximum absolute atomic E-state index is 11.9. The molecule has 0 bridgehead atoms. The summed E-state index contributed by atoms with van der Waals surface area (Å²) in [5, 5.41) is 33.1. The molecular weight excluding hydrogens is 298 g/mol. The number of rotatable bonds is 6. The topological polar surface area (TPSA) is 99.0 Å². The third-order valence-electron chi connectivity index (χ3n) is 3.91. The van der Waals surface area contributed by atoms with Gasteiger partial charge in [-0.25, -0.2) is 0 Å². The van der Waals surface area contributed by atoms with Crippen molar-refractivity contribution in [1.82, 2.24) is 5.32 Å². The van der Waals surface area contributed by atoms with Crippen LogP contribution in [0.5, 0.6) is 11.5 Å². The average molecular weight is 323 g/mol. The highest BCUT2D eigenvalue weighted by atomic mass is 16.5. The first-order valence-corrected chi connectivity index (χ1v) is 7.34. The smallest absolute Gasteiger partial charge is 0.255 e. The van der Waals surface area contributed by atoms with Gasteiger partial charge in [0, 0.05) is 24.8 Å². The number of phenols is 2. The van der Waals surface area contributed by atoms with Crippen LogP contribution in [0, 0.1) is 20.8 Å². The number of phenolic OH excluding ortho intramolecular Hbond substituents is 2. The molecule has 0 saturated heterocycles. The number of aromatic hydroxyl groups is 2. The Hall–Kier alpha value is -2.05. The van der Waals surface area contributed by atoms with Crippen molar-refractivity contribution in [3.05, 3.63) is 28.3 Å². The van der Waals surface area contributed by atoms with E-state index in [0.717, 1.165) is 0 Å². The molecule has 6 nitrogen and oxygen atoms in total. The second-order valence-corrected chi connectivity index (χ2v) is 5.72. The van der Waals surface area contributed by atoms with Crippen LogP contribution in [0.3, 0.4) is 0 Å². The van der Waals surface area contributed by atoms with E-state index >= 15 is 0 Å². The molecule has 1 aromatic rings. The van der Waals surface area contributed by atoms with E-state index < -0.39 is 11.5 Å². The standard InChI is InChI=1S/C17H25NO5/c1-10-11(2)15(20)13(12(3)14(10)19)6-7-17(4,22)16(21)18-8-9-23-5/h6-7,19-20,22H,8-9H2,1-5H3,(H,18,21). The first-order chi connectivity index (χ1) is 10.6. The molecule has 4 N–H and O–H groups in total. The van der Waals surface area contributed by atoms with Gasteiger partial charge in [0.2, 0.25) is 0 Å². The summed E-state index contributed by atoms with van der Waals surface area (Å²) in [5.74, 6) is -0.468. The molecule has 0 fully saturated rings. The van der Waals surface area contributed by atoms with Crippen molar-refractivity contribution in [1.29, 1.82) is 0 Å². The van der Waals surface area contributed by atoms with E-state index in [1.807, 2.05) is 0 Å². The molecule has 0 aliphatic carbocycles. The van der Waals surface area contributed by atoms with Crippen LogP contribution < -0.4 is 5.32 Å². The van der Waals surface area contributed by atoms with Crippen molar-refractivity contribution < 1.29 is 24.9 Å². The highest BCUT2D eigenvalue weighted by molar-refractivity contribution is 5.88. The molecule has 1 unspecified atom stereocenters. The summed E-state index contributed by atoms with van der Waals surface area (Å²) in [6.07, 6.45) is 2.72. The molecule has 1 amide bonds. The Labute approximate surface area is 136 Å². The van der Waals surface area contributed by atoms with Crippen molar-refractivity contribution >= 4 is 12.0 Å². The fourth-order valence-electron chi connectivity index (χ4n) is 2.11. The molecule has 1 rings (SSSR count). The second-order valence-electron chi connectivity index (χ2n) is 5.72. The lowest BCUT2D eigenvalue weighted by Gasteiger charge is -2.19. The molecule has 128 valence electrons. The van der Waals surface area contributed by atoms with Gasteiger partial charge < -0.3 is 25.4 Å². The van der Waals surface area contributed by atoms with Crippen LogP contribution >= 0.6 is 0 Å². The van der Waals surface area contributed by atoms with E-state index in [1.165, 1.54) is 26.2 Å². The minimum absolute atomic E-state index is 0.0182. The summed E-state index contributed by atoms with van der Waals surface area (Å²) < 4.78 is 4.83. The van der Waals surface area contributed by atoms with Crippen molar-refractivity contribution in [2.45, 2.75) is 33.3 Å². The minimum atomic E-state index is -1.75. The number of carbonyl (C=O) groups excluding carboxylic acids is 1. The predicted molar refractivity (Wildman–Crippen MR) is 88.5 cm³/mol. The van der Waals surface area contributed by atoms with Gasteiger partial charge in [-0.3, -0.25) is 4.79 Å². The first kappa shape index (κ1) is 19.0. The van der Waals surface area contributed by atoms with E-state index in [4.69, 9.17) is 4.74 Å². The lowest BCUT2D eigenvalue weighted by Crippen LogP contribution is -2.44. The zero-order chi connectivity index (χ0) is 17.8. The van der Waals surface area contributed by atoms with Gasteiger partial charge in [-0.15, -0.1) is 0 Å². The molecule has 0 radical (unpaired) electrons. The van der Waals surface area contributed by atoms with Crippen LogP contribution in [0.1, 0.15) is 29.2 Å². The fourth-order valence-corrected chi connectivity index (χ4v) is 2.11. The van der Waals surface area contributed by atoms with Gasteiger partial charge in [-0.2, -0.15) is 0 Å². The third-order valence-corrected chi connectivity index (χ3v) is 3.91. The normalized spacial score (nSPS) is 14.0. The Morgan fingerprint density at radius 1 is 1.17 bits per heavy atom. The van der Waals surface area contributed by atoms with Crippen LogP contribution in [0.2, 0.25) is 0 Å². The van der Waals surface area contributed by atoms with Crippen LogP contribution in [0.25, 0.3) is 6.08 Å². The number of hydrogen-bond donors (Lipinski definition) is 4. The van der Waals surface area contributed by atoms with Gasteiger partial charge >= 0.3 is 0 Å². The highest BCUT2D eigenvalue weighted by Crippen LogP contribution is 2.37. The maximum Gasteiger partial charge on any atom is 0.255 e. The monoisotopic (exact) mass is 323 g/mol. The lowest BCUT2D eigenvalue weighted by molar-refractivity contribution is -0.134. The molecule has 1 atom stereocenters. The van der Waals surface area contributed by atoms with Crippen molar-refractivity contribution in [2.75, 3.05) is 20.3 Å². The number of benzene rings is 1. The quantitative estimate of drug-likeness (QED) is 0.470. The Bertz CT molecular complexity index is 591. The van der Waals surface area contributed by atoms with Crippen molar-refractivity contribution in [3.63, 3.8) is 0 Å². The SMILES string of the molecule is COCCNC(=O)C(C)(O)C=Cc1c(C)c(O)c(C)c(C)c1O. The largest absolute Gasteiger partial charge is 0.507 e. The summed E-state index contributed by atoms with van der Waals surface area (Å²) in [6.45, 7) is 7.04. The summed E-state index contributed by atoms with van der Waals surface area (Å²) in [5.41, 5.74) is 0.257. The number of amides is 1. The van der Waals surface area contributed by atoms with Crippen molar-refractivity contribution in [3.8, 4) is 11.5 Å². The molecular formula is C17H25NO5. The first-order valence-electron chi connectivity index (χ1n) is 7.34. The lowest BCUT2D eigenvalue weighted by atomic mass is 9.95. The number of hydrogen-bond acceptors (Lipinski definition) is 5. The Balaban J connectivity index is 3.07. The van der Waals surface area contributed by atoms with Crippen LogP contribution in [0.4, 0.5) is 0 Å². The predicted octanol–water partition coefficient (Wildman–Crippen LogP) is 1.55. The summed E-state index contributed by atoms with van der Waals surface area (Å²) >= 11 is 0. The number of ether oxygens (including phenoxy) is 1. The molecule has 0 saturated carbocycles. The molecule has 1 aromatic carbocycles. The van der Waals surface area contributed by atoms with Gasteiger partial charge in [0.05, 0.1) is 6.61 Å². The van der Waals surface area contributed by atoms with Crippen molar-refractivity contribution in [2.24, 2.45) is 0 Å². The fraction of sp³-hybridized carbons (Fsp3) is 0.471. The van der Waals surface area contributed by atoms with E-state index in [0.29, 0.717) is 28.9 Å². The number of methoxy groups -OCH3 is 1. The van der Waals surface area contributed by atoms with Gasteiger partial charge in [0.1, 0.15) is 11.5 Å². The third kappa shape index (κ3) is 4.24. The van der Waals surface area contributed by atoms with Gasteiger partial charge in [0.25, 0.3) is 5.91 Å². The summed E-state index contributed by atoms with van der Waals surface area (Å²) in [4.78, 5) is 11.9. The average Bonchev–Trinajstić information content (AvgIpc) is 2.51.